The molecule has 12 rings (SSSR count). The van der Waals surface area contributed by atoms with E-state index in [-0.39, 0.29) is 5.41 Å². The lowest BCUT2D eigenvalue weighted by molar-refractivity contribution is 0.661. The second-order valence-corrected chi connectivity index (χ2v) is 19.6. The molecule has 0 fully saturated rings. The molecule has 0 N–H and O–H groups in total. The van der Waals surface area contributed by atoms with Crippen molar-refractivity contribution in [1.29, 1.82) is 0 Å². The SMILES string of the molecule is CC1(C)c2ccccc2-c2c1ccc1c2c2ccccc2n1-c1ccc(S(c2ccccc2)(c2ccccc2)c2cccc3c2c2ccccc2n3-c2ccccc2)cc1. The average Bonchev–Trinajstić information content (AvgIpc) is 3.91. The molecule has 3 heteroatoms. The van der Waals surface area contributed by atoms with Crippen LogP contribution in [0.5, 0.6) is 0 Å². The van der Waals surface area contributed by atoms with Gasteiger partial charge in [0.1, 0.15) is 0 Å². The first-order chi connectivity index (χ1) is 29.6. The molecule has 2 heterocycles. The Labute approximate surface area is 351 Å². The third-order valence-corrected chi connectivity index (χ3v) is 17.0. The topological polar surface area (TPSA) is 9.86 Å². The van der Waals surface area contributed by atoms with Crippen molar-refractivity contribution in [2.45, 2.75) is 38.8 Å². The maximum absolute atomic E-state index is 2.49. The van der Waals surface area contributed by atoms with Crippen LogP contribution in [-0.4, -0.2) is 9.13 Å². The van der Waals surface area contributed by atoms with Gasteiger partial charge >= 0.3 is 0 Å². The van der Waals surface area contributed by atoms with Gasteiger partial charge in [-0.15, -0.1) is 10.0 Å². The minimum Gasteiger partial charge on any atom is -0.309 e. The van der Waals surface area contributed by atoms with E-state index in [1.54, 1.807) is 0 Å². The summed E-state index contributed by atoms with van der Waals surface area (Å²) in [5, 5.41) is 5.18. The van der Waals surface area contributed by atoms with Crippen LogP contribution in [0.15, 0.2) is 238 Å². The van der Waals surface area contributed by atoms with Crippen LogP contribution in [0.1, 0.15) is 25.0 Å². The molecular formula is C57H42N2S. The monoisotopic (exact) mass is 786 g/mol. The highest BCUT2D eigenvalue weighted by Crippen LogP contribution is 2.75. The van der Waals surface area contributed by atoms with E-state index in [1.165, 1.54) is 85.4 Å². The Hall–Kier alpha value is -7.07. The van der Waals surface area contributed by atoms with Crippen molar-refractivity contribution < 1.29 is 0 Å². The quantitative estimate of drug-likeness (QED) is 0.159. The van der Waals surface area contributed by atoms with E-state index >= 15 is 0 Å². The molecular weight excluding hydrogens is 745 g/mol. The smallest absolute Gasteiger partial charge is 0.0552 e. The Bertz CT molecular complexity index is 3390. The van der Waals surface area contributed by atoms with Crippen LogP contribution >= 0.6 is 10.0 Å². The zero-order valence-electron chi connectivity index (χ0n) is 33.6. The highest BCUT2D eigenvalue weighted by atomic mass is 32.3. The van der Waals surface area contributed by atoms with Crippen LogP contribution in [0.4, 0.5) is 0 Å². The molecule has 2 aromatic heterocycles. The van der Waals surface area contributed by atoms with Gasteiger partial charge in [0.15, 0.2) is 0 Å². The molecule has 0 amide bonds. The van der Waals surface area contributed by atoms with Crippen molar-refractivity contribution in [3.63, 3.8) is 0 Å². The molecule has 0 saturated heterocycles. The van der Waals surface area contributed by atoms with Crippen LogP contribution < -0.4 is 0 Å². The molecule has 9 aromatic carbocycles. The number of fused-ring (bicyclic) bond motifs is 10. The van der Waals surface area contributed by atoms with E-state index < -0.39 is 10.0 Å². The number of benzene rings is 9. The predicted octanol–water partition coefficient (Wildman–Crippen LogP) is 15.5. The lowest BCUT2D eigenvalue weighted by Gasteiger charge is -2.42. The number of rotatable bonds is 6. The Morgan fingerprint density at radius 2 is 0.833 bits per heavy atom. The molecule has 2 nitrogen and oxygen atoms in total. The maximum atomic E-state index is 2.49. The summed E-state index contributed by atoms with van der Waals surface area (Å²) in [4.78, 5) is 5.25. The normalized spacial score (nSPS) is 13.6. The molecule has 0 saturated carbocycles. The summed E-state index contributed by atoms with van der Waals surface area (Å²) in [6.07, 6.45) is 0. The molecule has 286 valence electrons. The molecule has 0 spiro atoms. The molecule has 11 aromatic rings. The fourth-order valence-corrected chi connectivity index (χ4v) is 14.5. The number of hydrogen-bond acceptors (Lipinski definition) is 0. The third-order valence-electron chi connectivity index (χ3n) is 13.0. The van der Waals surface area contributed by atoms with Crippen molar-refractivity contribution in [2.24, 2.45) is 0 Å². The Kier molecular flexibility index (Phi) is 7.70. The van der Waals surface area contributed by atoms with Crippen molar-refractivity contribution in [3.05, 3.63) is 230 Å². The standard InChI is InChI=1S/C57H42N2S/c1-57(2)47-28-15-12-25-44(47)54-48(57)37-38-52-56(54)46-27-14-17-30-50(46)59(52)40-33-35-43(36-34-40)60(41-21-8-4-9-22-41,42-23-10-5-11-24-42)53-32-18-31-51-55(53)45-26-13-16-29-49(45)58(51)39-19-6-3-7-20-39/h3-38H,1-2H3. The van der Waals surface area contributed by atoms with E-state index in [1.807, 2.05) is 0 Å². The van der Waals surface area contributed by atoms with Gasteiger partial charge in [-0.3, -0.25) is 0 Å². The summed E-state index contributed by atoms with van der Waals surface area (Å²) < 4.78 is 4.93. The van der Waals surface area contributed by atoms with Crippen LogP contribution in [0.25, 0.3) is 66.1 Å². The molecule has 0 bridgehead atoms. The molecule has 0 aliphatic heterocycles. The fourth-order valence-electron chi connectivity index (χ4n) is 10.5. The number of hydrogen-bond donors (Lipinski definition) is 0. The number of aromatic nitrogens is 2. The van der Waals surface area contributed by atoms with Gasteiger partial charge in [0.2, 0.25) is 0 Å². The highest BCUT2D eigenvalue weighted by Gasteiger charge is 2.38. The summed E-state index contributed by atoms with van der Waals surface area (Å²) in [5.74, 6) is 0. The zero-order valence-corrected chi connectivity index (χ0v) is 34.4. The van der Waals surface area contributed by atoms with Crippen LogP contribution in [0.2, 0.25) is 0 Å². The Balaban J connectivity index is 1.14. The van der Waals surface area contributed by atoms with Gasteiger partial charge < -0.3 is 9.13 Å². The molecule has 1 aliphatic rings. The minimum absolute atomic E-state index is 0.0673. The van der Waals surface area contributed by atoms with Crippen LogP contribution in [0, 0.1) is 0 Å². The Morgan fingerprint density at radius 3 is 1.48 bits per heavy atom. The van der Waals surface area contributed by atoms with Crippen molar-refractivity contribution in [1.82, 2.24) is 9.13 Å². The Morgan fingerprint density at radius 1 is 0.350 bits per heavy atom. The van der Waals surface area contributed by atoms with E-state index in [4.69, 9.17) is 0 Å². The molecule has 60 heavy (non-hydrogen) atoms. The van der Waals surface area contributed by atoms with Crippen LogP contribution in [-0.2, 0) is 5.41 Å². The summed E-state index contributed by atoms with van der Waals surface area (Å²) in [6.45, 7) is 4.74. The second kappa shape index (κ2) is 13.2. The van der Waals surface area contributed by atoms with Gasteiger partial charge in [-0.2, -0.15) is 0 Å². The fraction of sp³-hybridized carbons (Fsp3) is 0.0526. The van der Waals surface area contributed by atoms with Gasteiger partial charge in [0.05, 0.1) is 22.1 Å². The van der Waals surface area contributed by atoms with Gasteiger partial charge in [0, 0.05) is 57.9 Å². The zero-order chi connectivity index (χ0) is 40.0. The van der Waals surface area contributed by atoms with Crippen molar-refractivity contribution in [2.75, 3.05) is 0 Å². The van der Waals surface area contributed by atoms with Gasteiger partial charge in [-0.1, -0.05) is 141 Å². The third kappa shape index (κ3) is 4.78. The van der Waals surface area contributed by atoms with Crippen LogP contribution in [0.3, 0.4) is 0 Å². The molecule has 0 radical (unpaired) electrons. The van der Waals surface area contributed by atoms with E-state index in [0.717, 1.165) is 11.4 Å². The highest BCUT2D eigenvalue weighted by molar-refractivity contribution is 8.34. The van der Waals surface area contributed by atoms with Gasteiger partial charge in [-0.05, 0) is 113 Å². The van der Waals surface area contributed by atoms with E-state index in [9.17, 15) is 0 Å². The molecule has 0 atom stereocenters. The maximum Gasteiger partial charge on any atom is 0.0552 e. The first-order valence-corrected chi connectivity index (χ1v) is 22.5. The summed E-state index contributed by atoms with van der Waals surface area (Å²) >= 11 is 0. The van der Waals surface area contributed by atoms with E-state index in [2.05, 4.69) is 241 Å². The lowest BCUT2D eigenvalue weighted by Crippen LogP contribution is -2.14. The summed E-state index contributed by atoms with van der Waals surface area (Å²) in [6, 6.07) is 81.5. The predicted molar refractivity (Wildman–Crippen MR) is 253 cm³/mol. The molecule has 1 aliphatic carbocycles. The number of para-hydroxylation sites is 3. The summed E-state index contributed by atoms with van der Waals surface area (Å²) in [5.41, 5.74) is 12.6. The second-order valence-electron chi connectivity index (χ2n) is 16.5. The average molecular weight is 787 g/mol. The van der Waals surface area contributed by atoms with Crippen molar-refractivity contribution >= 4 is 53.6 Å². The lowest BCUT2D eigenvalue weighted by atomic mass is 9.82. The number of nitrogens with zero attached hydrogens (tertiary/aromatic N) is 2. The van der Waals surface area contributed by atoms with Gasteiger partial charge in [-0.25, -0.2) is 0 Å². The van der Waals surface area contributed by atoms with Gasteiger partial charge in [0.25, 0.3) is 0 Å². The molecule has 0 unspecified atom stereocenters. The largest absolute Gasteiger partial charge is 0.309 e. The van der Waals surface area contributed by atoms with E-state index in [0.29, 0.717) is 0 Å². The summed E-state index contributed by atoms with van der Waals surface area (Å²) in [7, 11) is -2.05. The minimum atomic E-state index is -2.05. The first kappa shape index (κ1) is 34.9. The van der Waals surface area contributed by atoms with Crippen molar-refractivity contribution in [3.8, 4) is 22.5 Å². The first-order valence-electron chi connectivity index (χ1n) is 20.8.